The van der Waals surface area contributed by atoms with Gasteiger partial charge in [0.25, 0.3) is 0 Å². The third-order valence-electron chi connectivity index (χ3n) is 4.50. The van der Waals surface area contributed by atoms with Crippen LogP contribution in [0.25, 0.3) is 0 Å². The first-order valence-corrected chi connectivity index (χ1v) is 13.6. The van der Waals surface area contributed by atoms with Crippen LogP contribution in [0.2, 0.25) is 0 Å². The first kappa shape index (κ1) is 14.0. The summed E-state index contributed by atoms with van der Waals surface area (Å²) in [7, 11) is 0. The SMILES string of the molecule is c1cc[c]([Sn]([c]2ccccc2)([c]2ccccc2)[CH]2CO2)cc1. The fourth-order valence-electron chi connectivity index (χ4n) is 3.46. The normalized spacial score (nSPS) is 17.2. The van der Waals surface area contributed by atoms with Crippen LogP contribution in [-0.2, 0) is 4.74 Å². The number of hydrogen-bond donors (Lipinski definition) is 0. The minimum absolute atomic E-state index is 0.404. The first-order valence-electron chi connectivity index (χ1n) is 7.70. The third-order valence-corrected chi connectivity index (χ3v) is 18.9. The molecule has 1 unspecified atom stereocenters. The number of epoxide rings is 1. The van der Waals surface area contributed by atoms with Crippen LogP contribution in [0, 0.1) is 0 Å². The Bertz CT molecular complexity index is 640. The molecule has 1 nitrogen and oxygen atoms in total. The summed E-state index contributed by atoms with van der Waals surface area (Å²) in [5.41, 5.74) is 0. The molecule has 0 N–H and O–H groups in total. The van der Waals surface area contributed by atoms with Crippen molar-refractivity contribution in [3.63, 3.8) is 0 Å². The molecule has 0 aliphatic carbocycles. The van der Waals surface area contributed by atoms with Crippen molar-refractivity contribution in [1.82, 2.24) is 0 Å². The second-order valence-electron chi connectivity index (χ2n) is 5.73. The van der Waals surface area contributed by atoms with Crippen LogP contribution in [0.4, 0.5) is 0 Å². The van der Waals surface area contributed by atoms with E-state index in [0.717, 1.165) is 6.61 Å². The van der Waals surface area contributed by atoms with Crippen molar-refractivity contribution in [3.8, 4) is 0 Å². The molecular weight excluding hydrogens is 375 g/mol. The second kappa shape index (κ2) is 5.90. The molecule has 1 aliphatic rings. The van der Waals surface area contributed by atoms with E-state index in [1.807, 2.05) is 0 Å². The van der Waals surface area contributed by atoms with Crippen LogP contribution in [-0.4, -0.2) is 29.1 Å². The van der Waals surface area contributed by atoms with E-state index in [4.69, 9.17) is 4.74 Å². The standard InChI is InChI=1S/3C6H5.C2H3O.Sn/c3*1-2-4-6-5-3-1;1-2-3-1;/h3*1-5H;1H,2H2;. The van der Waals surface area contributed by atoms with Crippen molar-refractivity contribution in [3.05, 3.63) is 91.0 Å². The molecule has 2 heteroatoms. The topological polar surface area (TPSA) is 12.5 Å². The molecule has 1 atom stereocenters. The van der Waals surface area contributed by atoms with Gasteiger partial charge in [-0.05, 0) is 0 Å². The van der Waals surface area contributed by atoms with Crippen LogP contribution in [0.5, 0.6) is 0 Å². The molecule has 108 valence electrons. The molecule has 1 saturated heterocycles. The van der Waals surface area contributed by atoms with Gasteiger partial charge in [0.15, 0.2) is 0 Å². The Kier molecular flexibility index (Phi) is 3.76. The van der Waals surface area contributed by atoms with E-state index in [1.165, 1.54) is 10.7 Å². The van der Waals surface area contributed by atoms with Gasteiger partial charge >= 0.3 is 136 Å². The summed E-state index contributed by atoms with van der Waals surface area (Å²) in [6.07, 6.45) is 0. The Morgan fingerprint density at radius 2 is 0.909 bits per heavy atom. The number of benzene rings is 3. The Morgan fingerprint density at radius 3 is 1.18 bits per heavy atom. The van der Waals surface area contributed by atoms with E-state index in [0.29, 0.717) is 4.12 Å². The molecule has 0 bridgehead atoms. The van der Waals surface area contributed by atoms with Gasteiger partial charge in [0, 0.05) is 0 Å². The van der Waals surface area contributed by atoms with Crippen LogP contribution in [0.3, 0.4) is 0 Å². The van der Waals surface area contributed by atoms with Gasteiger partial charge in [0.2, 0.25) is 0 Å². The van der Waals surface area contributed by atoms with E-state index in [-0.39, 0.29) is 0 Å². The Hall–Kier alpha value is -1.58. The van der Waals surface area contributed by atoms with Gasteiger partial charge in [-0.15, -0.1) is 0 Å². The predicted molar refractivity (Wildman–Crippen MR) is 93.7 cm³/mol. The van der Waals surface area contributed by atoms with Gasteiger partial charge in [0.1, 0.15) is 0 Å². The molecule has 0 amide bonds. The average molecular weight is 393 g/mol. The van der Waals surface area contributed by atoms with Gasteiger partial charge in [0.05, 0.1) is 0 Å². The average Bonchev–Trinajstić information content (AvgIpc) is 3.44. The van der Waals surface area contributed by atoms with E-state index in [1.54, 1.807) is 0 Å². The zero-order valence-electron chi connectivity index (χ0n) is 12.4. The Labute approximate surface area is 135 Å². The summed E-state index contributed by atoms with van der Waals surface area (Å²) >= 11 is -3.07. The summed E-state index contributed by atoms with van der Waals surface area (Å²) in [6, 6.07) is 33.1. The number of rotatable bonds is 4. The second-order valence-corrected chi connectivity index (χ2v) is 17.1. The summed E-state index contributed by atoms with van der Waals surface area (Å²) in [6.45, 7) is 0.898. The van der Waals surface area contributed by atoms with Crippen molar-refractivity contribution in [2.24, 2.45) is 0 Å². The molecule has 0 saturated carbocycles. The number of ether oxygens (including phenoxy) is 1. The third kappa shape index (κ3) is 2.29. The van der Waals surface area contributed by atoms with Crippen LogP contribution < -0.4 is 10.7 Å². The van der Waals surface area contributed by atoms with Crippen LogP contribution in [0.15, 0.2) is 91.0 Å². The number of hydrogen-bond acceptors (Lipinski definition) is 1. The molecule has 1 heterocycles. The Balaban J connectivity index is 2.02. The fourth-order valence-corrected chi connectivity index (χ4v) is 17.3. The zero-order valence-corrected chi connectivity index (χ0v) is 15.2. The molecule has 22 heavy (non-hydrogen) atoms. The van der Waals surface area contributed by atoms with E-state index in [2.05, 4.69) is 91.0 Å². The van der Waals surface area contributed by atoms with Crippen molar-refractivity contribution >= 4 is 29.1 Å². The molecule has 4 rings (SSSR count). The van der Waals surface area contributed by atoms with Crippen molar-refractivity contribution in [2.75, 3.05) is 6.61 Å². The first-order chi connectivity index (χ1) is 10.9. The van der Waals surface area contributed by atoms with E-state index in [9.17, 15) is 0 Å². The van der Waals surface area contributed by atoms with Gasteiger partial charge in [-0.1, -0.05) is 0 Å². The summed E-state index contributed by atoms with van der Waals surface area (Å²) in [5.74, 6) is 0. The Morgan fingerprint density at radius 1 is 0.591 bits per heavy atom. The minimum atomic E-state index is -3.07. The predicted octanol–water partition coefficient (Wildman–Crippen LogP) is 2.09. The molecule has 0 spiro atoms. The summed E-state index contributed by atoms with van der Waals surface area (Å²) < 4.78 is 10.8. The van der Waals surface area contributed by atoms with Gasteiger partial charge < -0.3 is 0 Å². The molecule has 1 fully saturated rings. The van der Waals surface area contributed by atoms with Crippen LogP contribution in [0.1, 0.15) is 0 Å². The van der Waals surface area contributed by atoms with Crippen molar-refractivity contribution in [1.29, 1.82) is 0 Å². The quantitative estimate of drug-likeness (QED) is 0.489. The monoisotopic (exact) mass is 394 g/mol. The summed E-state index contributed by atoms with van der Waals surface area (Å²) in [5, 5.41) is 0. The maximum atomic E-state index is 5.93. The fraction of sp³-hybridized carbons (Fsp3) is 0.100. The van der Waals surface area contributed by atoms with E-state index < -0.39 is 18.4 Å². The molecule has 0 radical (unpaired) electrons. The maximum absolute atomic E-state index is 5.93. The molecular formula is C20H18OSn. The summed E-state index contributed by atoms with van der Waals surface area (Å²) in [4.78, 5) is 0. The molecule has 3 aromatic rings. The van der Waals surface area contributed by atoms with Gasteiger partial charge in [-0.3, -0.25) is 0 Å². The van der Waals surface area contributed by atoms with Crippen LogP contribution >= 0.6 is 0 Å². The zero-order chi connectivity index (χ0) is 14.8. The van der Waals surface area contributed by atoms with E-state index >= 15 is 0 Å². The van der Waals surface area contributed by atoms with Crippen molar-refractivity contribution in [2.45, 2.75) is 4.12 Å². The van der Waals surface area contributed by atoms with Crippen molar-refractivity contribution < 1.29 is 4.74 Å². The molecule has 3 aromatic carbocycles. The molecule has 0 aromatic heterocycles. The van der Waals surface area contributed by atoms with Gasteiger partial charge in [-0.2, -0.15) is 0 Å². The van der Waals surface area contributed by atoms with Gasteiger partial charge in [-0.25, -0.2) is 0 Å². The molecule has 1 aliphatic heterocycles.